The molecule has 5 heteroatoms. The molecule has 0 saturated heterocycles. The highest BCUT2D eigenvalue weighted by Gasteiger charge is 2.17. The lowest BCUT2D eigenvalue weighted by atomic mass is 10.3. The van der Waals surface area contributed by atoms with E-state index in [0.29, 0.717) is 0 Å². The Kier molecular flexibility index (Phi) is 2.08. The lowest BCUT2D eigenvalue weighted by Gasteiger charge is -1.96. The van der Waals surface area contributed by atoms with Crippen LogP contribution in [0.1, 0.15) is 0 Å². The standard InChI is InChI=1S/C7H6BrN3S/c8-7-10-5-3-1-2-4-6(5)12(7)11-9/h1-4H,9H2. The molecule has 1 aromatic carbocycles. The first-order chi connectivity index (χ1) is 5.83. The van der Waals surface area contributed by atoms with Gasteiger partial charge in [0, 0.05) is 10.7 Å². The van der Waals surface area contributed by atoms with E-state index in [-0.39, 0.29) is 10.7 Å². The molecule has 0 amide bonds. The van der Waals surface area contributed by atoms with Gasteiger partial charge in [0.1, 0.15) is 0 Å². The molecule has 3 nitrogen and oxygen atoms in total. The second-order valence-electron chi connectivity index (χ2n) is 2.22. The molecule has 0 saturated carbocycles. The number of benzene rings is 1. The van der Waals surface area contributed by atoms with Gasteiger partial charge in [-0.2, -0.15) is 4.47 Å². The highest BCUT2D eigenvalue weighted by Crippen LogP contribution is 2.32. The Bertz CT molecular complexity index is 386. The van der Waals surface area contributed by atoms with Crippen molar-refractivity contribution in [3.8, 4) is 0 Å². The molecule has 0 spiro atoms. The number of nitrogens with zero attached hydrogens (tertiary/aromatic N) is 2. The van der Waals surface area contributed by atoms with E-state index in [2.05, 4.69) is 25.4 Å². The lowest BCUT2D eigenvalue weighted by molar-refractivity contribution is 1.28. The second-order valence-corrected chi connectivity index (χ2v) is 5.11. The zero-order valence-corrected chi connectivity index (χ0v) is 8.47. The molecule has 0 aliphatic carbocycles. The van der Waals surface area contributed by atoms with Crippen LogP contribution >= 0.6 is 15.9 Å². The van der Waals surface area contributed by atoms with E-state index >= 15 is 0 Å². The first-order valence-electron chi connectivity index (χ1n) is 3.31. The number of hydrogen-bond donors (Lipinski definition) is 1. The van der Waals surface area contributed by atoms with Gasteiger partial charge in [-0.3, -0.25) is 0 Å². The molecule has 1 aliphatic rings. The van der Waals surface area contributed by atoms with Crippen LogP contribution in [0.3, 0.4) is 0 Å². The number of fused-ring (bicyclic) bond motifs is 1. The van der Waals surface area contributed by atoms with Crippen LogP contribution in [0.5, 0.6) is 0 Å². The first kappa shape index (κ1) is 8.10. The van der Waals surface area contributed by atoms with Crippen LogP contribution in [0.15, 0.2) is 38.6 Å². The van der Waals surface area contributed by atoms with E-state index in [1.165, 1.54) is 0 Å². The smallest absolute Gasteiger partial charge is 0.156 e. The minimum absolute atomic E-state index is 0.385. The molecule has 62 valence electrons. The number of nitrogens with two attached hydrogens (primary N) is 1. The van der Waals surface area contributed by atoms with E-state index in [9.17, 15) is 0 Å². The number of para-hydroxylation sites is 1. The van der Waals surface area contributed by atoms with Crippen LogP contribution in [-0.2, 0) is 10.7 Å². The molecule has 1 heterocycles. The van der Waals surface area contributed by atoms with E-state index < -0.39 is 0 Å². The predicted octanol–water partition coefficient (Wildman–Crippen LogP) is 2.12. The predicted molar refractivity (Wildman–Crippen MR) is 54.7 cm³/mol. The molecular weight excluding hydrogens is 238 g/mol. The summed E-state index contributed by atoms with van der Waals surface area (Å²) in [7, 11) is -0.385. The van der Waals surface area contributed by atoms with Gasteiger partial charge in [0.15, 0.2) is 3.95 Å². The molecular formula is C7H6BrN3S. The summed E-state index contributed by atoms with van der Waals surface area (Å²) in [5.74, 6) is 5.27. The maximum atomic E-state index is 5.27. The average molecular weight is 244 g/mol. The topological polar surface area (TPSA) is 50.7 Å². The fraction of sp³-hybridized carbons (Fsp3) is 0. The van der Waals surface area contributed by atoms with Gasteiger partial charge in [0.05, 0.1) is 10.6 Å². The van der Waals surface area contributed by atoms with Crippen molar-refractivity contribution in [3.63, 3.8) is 0 Å². The largest absolute Gasteiger partial charge is 0.232 e. The monoisotopic (exact) mass is 243 g/mol. The van der Waals surface area contributed by atoms with Crippen molar-refractivity contribution in [1.29, 1.82) is 0 Å². The summed E-state index contributed by atoms with van der Waals surface area (Å²) >= 11 is 3.33. The summed E-state index contributed by atoms with van der Waals surface area (Å²) < 4.78 is 4.57. The Hall–Kier alpha value is -0.520. The molecule has 2 rings (SSSR count). The second kappa shape index (κ2) is 3.08. The van der Waals surface area contributed by atoms with Crippen molar-refractivity contribution in [1.82, 2.24) is 0 Å². The van der Waals surface area contributed by atoms with Crippen molar-refractivity contribution in [2.75, 3.05) is 0 Å². The molecule has 1 unspecified atom stereocenters. The van der Waals surface area contributed by atoms with Crippen molar-refractivity contribution < 1.29 is 0 Å². The Morgan fingerprint density at radius 1 is 1.42 bits per heavy atom. The highest BCUT2D eigenvalue weighted by molar-refractivity contribution is 9.21. The molecule has 2 N–H and O–H groups in total. The zero-order chi connectivity index (χ0) is 8.55. The van der Waals surface area contributed by atoms with Crippen LogP contribution in [0.25, 0.3) is 0 Å². The van der Waals surface area contributed by atoms with Gasteiger partial charge in [-0.1, -0.05) is 12.1 Å². The molecule has 12 heavy (non-hydrogen) atoms. The Morgan fingerprint density at radius 2 is 2.17 bits per heavy atom. The number of hydrogen-bond acceptors (Lipinski definition) is 2. The third kappa shape index (κ3) is 1.14. The van der Waals surface area contributed by atoms with E-state index in [1.807, 2.05) is 24.3 Å². The molecule has 0 radical (unpaired) electrons. The molecule has 0 fully saturated rings. The Balaban J connectivity index is 2.65. The zero-order valence-electron chi connectivity index (χ0n) is 6.07. The summed E-state index contributed by atoms with van der Waals surface area (Å²) in [4.78, 5) is 5.37. The van der Waals surface area contributed by atoms with Gasteiger partial charge >= 0.3 is 0 Å². The van der Waals surface area contributed by atoms with Gasteiger partial charge in [0.2, 0.25) is 0 Å². The molecule has 1 aliphatic heterocycles. The Morgan fingerprint density at radius 3 is 2.92 bits per heavy atom. The van der Waals surface area contributed by atoms with Gasteiger partial charge in [-0.25, -0.2) is 10.8 Å². The van der Waals surface area contributed by atoms with Gasteiger partial charge < -0.3 is 0 Å². The van der Waals surface area contributed by atoms with E-state index in [4.69, 9.17) is 5.84 Å². The molecule has 0 aromatic heterocycles. The van der Waals surface area contributed by atoms with Crippen molar-refractivity contribution in [3.05, 3.63) is 24.3 Å². The molecule has 1 aromatic rings. The van der Waals surface area contributed by atoms with Crippen molar-refractivity contribution in [2.24, 2.45) is 15.3 Å². The number of rotatable bonds is 0. The van der Waals surface area contributed by atoms with Gasteiger partial charge in [0.25, 0.3) is 0 Å². The first-order valence-corrected chi connectivity index (χ1v) is 5.29. The van der Waals surface area contributed by atoms with Crippen LogP contribution < -0.4 is 5.84 Å². The number of aliphatic imine (C=N–C) groups is 1. The van der Waals surface area contributed by atoms with Gasteiger partial charge in [-0.15, -0.1) is 0 Å². The summed E-state index contributed by atoms with van der Waals surface area (Å²) in [6, 6.07) is 7.86. The highest BCUT2D eigenvalue weighted by atomic mass is 79.9. The summed E-state index contributed by atoms with van der Waals surface area (Å²) in [5.41, 5.74) is 0.960. The maximum absolute atomic E-state index is 5.27. The minimum Gasteiger partial charge on any atom is -0.232 e. The average Bonchev–Trinajstić information content (AvgIpc) is 2.40. The third-order valence-electron chi connectivity index (χ3n) is 1.55. The normalized spacial score (nSPS) is 20.8. The van der Waals surface area contributed by atoms with Gasteiger partial charge in [-0.05, 0) is 28.1 Å². The maximum Gasteiger partial charge on any atom is 0.156 e. The van der Waals surface area contributed by atoms with Crippen LogP contribution in [-0.4, -0.2) is 3.95 Å². The van der Waals surface area contributed by atoms with E-state index in [0.717, 1.165) is 14.5 Å². The summed E-state index contributed by atoms with van der Waals surface area (Å²) in [6.45, 7) is 0. The van der Waals surface area contributed by atoms with Crippen molar-refractivity contribution in [2.45, 2.75) is 4.90 Å². The van der Waals surface area contributed by atoms with Crippen molar-refractivity contribution >= 4 is 36.3 Å². The fourth-order valence-electron chi connectivity index (χ4n) is 1.04. The summed E-state index contributed by atoms with van der Waals surface area (Å²) in [5, 5.41) is 0. The quantitative estimate of drug-likeness (QED) is 0.551. The van der Waals surface area contributed by atoms with E-state index in [1.54, 1.807) is 0 Å². The lowest BCUT2D eigenvalue weighted by Crippen LogP contribution is -1.96. The third-order valence-corrected chi connectivity index (χ3v) is 4.03. The van der Waals surface area contributed by atoms with Crippen LogP contribution in [0, 0.1) is 0 Å². The fourth-order valence-corrected chi connectivity index (χ4v) is 3.09. The Labute approximate surface area is 80.9 Å². The summed E-state index contributed by atoms with van der Waals surface area (Å²) in [6.07, 6.45) is 0. The van der Waals surface area contributed by atoms with Crippen LogP contribution in [0.2, 0.25) is 0 Å². The SMILES string of the molecule is NN=S1C(Br)=Nc2ccccc21. The van der Waals surface area contributed by atoms with Crippen LogP contribution in [0.4, 0.5) is 5.69 Å². The number of halogens is 1. The molecule has 0 bridgehead atoms. The minimum atomic E-state index is -0.385. The molecule has 1 atom stereocenters.